The molecule has 1 aromatic heterocycles. The Morgan fingerprint density at radius 1 is 1.26 bits per heavy atom. The second-order valence-electron chi connectivity index (χ2n) is 4.44. The number of hydrogen-bond acceptors (Lipinski definition) is 2. The van der Waals surface area contributed by atoms with Crippen molar-refractivity contribution in [3.05, 3.63) is 52.6 Å². The van der Waals surface area contributed by atoms with Gasteiger partial charge < -0.3 is 5.32 Å². The van der Waals surface area contributed by atoms with Gasteiger partial charge in [-0.2, -0.15) is 0 Å². The molecule has 0 fully saturated rings. The van der Waals surface area contributed by atoms with E-state index < -0.39 is 0 Å². The molecule has 0 radical (unpaired) electrons. The summed E-state index contributed by atoms with van der Waals surface area (Å²) in [5.41, 5.74) is 3.38. The molecule has 0 aliphatic heterocycles. The molecule has 2 rings (SSSR count). The molecule has 0 bridgehead atoms. The van der Waals surface area contributed by atoms with Gasteiger partial charge in [0.25, 0.3) is 0 Å². The smallest absolute Gasteiger partial charge is 0.127 e. The summed E-state index contributed by atoms with van der Waals surface area (Å²) in [6, 6.07) is 5.13. The minimum absolute atomic E-state index is 0.287. The van der Waals surface area contributed by atoms with E-state index in [9.17, 15) is 4.39 Å². The summed E-state index contributed by atoms with van der Waals surface area (Å²) >= 11 is 6.11. The van der Waals surface area contributed by atoms with E-state index in [4.69, 9.17) is 11.6 Å². The van der Waals surface area contributed by atoms with Crippen LogP contribution >= 0.6 is 11.6 Å². The van der Waals surface area contributed by atoms with Crippen molar-refractivity contribution >= 4 is 11.6 Å². The second kappa shape index (κ2) is 6.13. The predicted octanol–water partition coefficient (Wildman–Crippen LogP) is 3.96. The molecule has 2 nitrogen and oxygen atoms in total. The van der Waals surface area contributed by atoms with Crippen LogP contribution in [0.15, 0.2) is 30.6 Å². The predicted molar refractivity (Wildman–Crippen MR) is 76.8 cm³/mol. The first kappa shape index (κ1) is 14.0. The number of aryl methyl sites for hydroxylation is 1. The molecule has 0 aliphatic carbocycles. The molecule has 0 amide bonds. The number of hydrogen-bond donors (Lipinski definition) is 1. The minimum atomic E-state index is -0.287. The summed E-state index contributed by atoms with van der Waals surface area (Å²) in [7, 11) is 0. The zero-order chi connectivity index (χ0) is 13.8. The standard InChI is InChI=1S/C15H16ClFN2/c1-3-18-7-11-5-12(9-19-8-11)13-4-10(2)15(17)6-14(13)16/h4-6,8-9,18H,3,7H2,1-2H3. The summed E-state index contributed by atoms with van der Waals surface area (Å²) in [6.45, 7) is 5.44. The first-order valence-corrected chi connectivity index (χ1v) is 6.60. The van der Waals surface area contributed by atoms with Gasteiger partial charge in [0, 0.05) is 30.1 Å². The number of pyridine rings is 1. The van der Waals surface area contributed by atoms with Crippen LogP contribution in [-0.4, -0.2) is 11.5 Å². The van der Waals surface area contributed by atoms with Crippen molar-refractivity contribution in [3.63, 3.8) is 0 Å². The monoisotopic (exact) mass is 278 g/mol. The van der Waals surface area contributed by atoms with Gasteiger partial charge >= 0.3 is 0 Å². The molecule has 1 aromatic carbocycles. The quantitative estimate of drug-likeness (QED) is 0.916. The Hall–Kier alpha value is -1.45. The fourth-order valence-corrected chi connectivity index (χ4v) is 2.14. The van der Waals surface area contributed by atoms with Gasteiger partial charge in [0.15, 0.2) is 0 Å². The Balaban J connectivity index is 2.38. The van der Waals surface area contributed by atoms with E-state index >= 15 is 0 Å². The van der Waals surface area contributed by atoms with Crippen molar-refractivity contribution in [3.8, 4) is 11.1 Å². The average Bonchev–Trinajstić information content (AvgIpc) is 2.41. The summed E-state index contributed by atoms with van der Waals surface area (Å²) < 4.78 is 13.4. The lowest BCUT2D eigenvalue weighted by molar-refractivity contribution is 0.619. The highest BCUT2D eigenvalue weighted by Gasteiger charge is 2.08. The number of benzene rings is 1. The van der Waals surface area contributed by atoms with Gasteiger partial charge in [-0.3, -0.25) is 4.98 Å². The zero-order valence-corrected chi connectivity index (χ0v) is 11.8. The van der Waals surface area contributed by atoms with Crippen LogP contribution in [0.5, 0.6) is 0 Å². The molecule has 19 heavy (non-hydrogen) atoms. The SMILES string of the molecule is CCNCc1cncc(-c2cc(C)c(F)cc2Cl)c1. The molecule has 0 atom stereocenters. The molecule has 4 heteroatoms. The van der Waals surface area contributed by atoms with Crippen LogP contribution in [0.1, 0.15) is 18.1 Å². The van der Waals surface area contributed by atoms with Crippen LogP contribution in [0.2, 0.25) is 5.02 Å². The molecule has 0 saturated carbocycles. The van der Waals surface area contributed by atoms with E-state index in [0.717, 1.165) is 29.8 Å². The Kier molecular flexibility index (Phi) is 4.51. The van der Waals surface area contributed by atoms with Crippen molar-refractivity contribution in [2.75, 3.05) is 6.54 Å². The number of rotatable bonds is 4. The number of halogens is 2. The lowest BCUT2D eigenvalue weighted by Crippen LogP contribution is -2.11. The highest BCUT2D eigenvalue weighted by molar-refractivity contribution is 6.33. The number of nitrogens with zero attached hydrogens (tertiary/aromatic N) is 1. The van der Waals surface area contributed by atoms with Crippen LogP contribution in [0.3, 0.4) is 0 Å². The van der Waals surface area contributed by atoms with Crippen molar-refractivity contribution in [1.29, 1.82) is 0 Å². The summed E-state index contributed by atoms with van der Waals surface area (Å²) in [5.74, 6) is -0.287. The summed E-state index contributed by atoms with van der Waals surface area (Å²) in [6.07, 6.45) is 3.56. The van der Waals surface area contributed by atoms with E-state index in [1.165, 1.54) is 6.07 Å². The molecule has 0 saturated heterocycles. The fourth-order valence-electron chi connectivity index (χ4n) is 1.88. The molecular weight excluding hydrogens is 263 g/mol. The highest BCUT2D eigenvalue weighted by Crippen LogP contribution is 2.30. The van der Waals surface area contributed by atoms with Crippen molar-refractivity contribution in [2.24, 2.45) is 0 Å². The largest absolute Gasteiger partial charge is 0.313 e. The first-order chi connectivity index (χ1) is 9.11. The minimum Gasteiger partial charge on any atom is -0.313 e. The van der Waals surface area contributed by atoms with Crippen LogP contribution in [0.4, 0.5) is 4.39 Å². The third-order valence-electron chi connectivity index (χ3n) is 2.93. The van der Waals surface area contributed by atoms with Crippen molar-refractivity contribution in [1.82, 2.24) is 10.3 Å². The Morgan fingerprint density at radius 3 is 2.79 bits per heavy atom. The number of aromatic nitrogens is 1. The molecule has 0 spiro atoms. The van der Waals surface area contributed by atoms with Gasteiger partial charge in [-0.15, -0.1) is 0 Å². The topological polar surface area (TPSA) is 24.9 Å². The van der Waals surface area contributed by atoms with E-state index in [1.54, 1.807) is 19.2 Å². The third-order valence-corrected chi connectivity index (χ3v) is 3.25. The normalized spacial score (nSPS) is 10.7. The van der Waals surface area contributed by atoms with Gasteiger partial charge in [-0.1, -0.05) is 18.5 Å². The van der Waals surface area contributed by atoms with Gasteiger partial charge in [0.2, 0.25) is 0 Å². The first-order valence-electron chi connectivity index (χ1n) is 6.22. The second-order valence-corrected chi connectivity index (χ2v) is 4.85. The van der Waals surface area contributed by atoms with Crippen LogP contribution in [0, 0.1) is 12.7 Å². The van der Waals surface area contributed by atoms with E-state index in [0.29, 0.717) is 10.6 Å². The zero-order valence-electron chi connectivity index (χ0n) is 11.0. The molecule has 1 heterocycles. The maximum atomic E-state index is 13.4. The van der Waals surface area contributed by atoms with Gasteiger partial charge in [0.05, 0.1) is 5.02 Å². The maximum Gasteiger partial charge on any atom is 0.127 e. The van der Waals surface area contributed by atoms with E-state index in [1.807, 2.05) is 12.3 Å². The lowest BCUT2D eigenvalue weighted by atomic mass is 10.0. The van der Waals surface area contributed by atoms with Crippen molar-refractivity contribution < 1.29 is 4.39 Å². The summed E-state index contributed by atoms with van der Waals surface area (Å²) in [5, 5.41) is 3.65. The van der Waals surface area contributed by atoms with E-state index in [2.05, 4.69) is 17.2 Å². The molecule has 1 N–H and O–H groups in total. The maximum absolute atomic E-state index is 13.4. The summed E-state index contributed by atoms with van der Waals surface area (Å²) in [4.78, 5) is 4.21. The third kappa shape index (κ3) is 3.31. The molecular formula is C15H16ClFN2. The molecule has 0 unspecified atom stereocenters. The Labute approximate surface area is 117 Å². The van der Waals surface area contributed by atoms with Crippen LogP contribution in [-0.2, 0) is 6.54 Å². The molecule has 2 aromatic rings. The van der Waals surface area contributed by atoms with Gasteiger partial charge in [-0.25, -0.2) is 4.39 Å². The number of nitrogens with one attached hydrogen (secondary N) is 1. The Morgan fingerprint density at radius 2 is 2.05 bits per heavy atom. The highest BCUT2D eigenvalue weighted by atomic mass is 35.5. The average molecular weight is 279 g/mol. The molecule has 100 valence electrons. The molecule has 0 aliphatic rings. The lowest BCUT2D eigenvalue weighted by Gasteiger charge is -2.09. The Bertz CT molecular complexity index is 584. The fraction of sp³-hybridized carbons (Fsp3) is 0.267. The van der Waals surface area contributed by atoms with Gasteiger partial charge in [0.1, 0.15) is 5.82 Å². The van der Waals surface area contributed by atoms with E-state index in [-0.39, 0.29) is 5.82 Å². The van der Waals surface area contributed by atoms with Gasteiger partial charge in [-0.05, 0) is 42.8 Å². The van der Waals surface area contributed by atoms with Crippen molar-refractivity contribution in [2.45, 2.75) is 20.4 Å². The van der Waals surface area contributed by atoms with Crippen LogP contribution in [0.25, 0.3) is 11.1 Å². The van der Waals surface area contributed by atoms with Crippen LogP contribution < -0.4 is 5.32 Å².